The van der Waals surface area contributed by atoms with Crippen molar-refractivity contribution in [1.82, 2.24) is 11.1 Å². The number of hydrogen-bond donors (Lipinski definition) is 2. The van der Waals surface area contributed by atoms with Crippen molar-refractivity contribution in [3.63, 3.8) is 0 Å². The molecule has 0 aromatic rings. The number of rotatable bonds is 3. The van der Waals surface area contributed by atoms with E-state index >= 15 is 0 Å². The third-order valence-corrected chi connectivity index (χ3v) is 1.34. The molecule has 3 nitrogen and oxygen atoms in total. The zero-order chi connectivity index (χ0) is 10.2. The molecule has 0 fully saturated rings. The van der Waals surface area contributed by atoms with Crippen LogP contribution in [0.4, 0.5) is 0 Å². The van der Waals surface area contributed by atoms with Crippen LogP contribution in [0.25, 0.3) is 0 Å². The molecule has 84 valence electrons. The third-order valence-electron chi connectivity index (χ3n) is 1.34. The second-order valence-corrected chi connectivity index (χ2v) is 3.79. The van der Waals surface area contributed by atoms with Crippen molar-refractivity contribution in [2.45, 2.75) is 47.1 Å². The molecule has 0 radical (unpaired) electrons. The SMILES string of the molecule is CC(C)(C)O.CCN(CC)CC.N. The van der Waals surface area contributed by atoms with E-state index in [9.17, 15) is 0 Å². The van der Waals surface area contributed by atoms with Gasteiger partial charge in [0.1, 0.15) is 0 Å². The molecule has 0 heterocycles. The average Bonchev–Trinajstić information content (AvgIpc) is 1.88. The van der Waals surface area contributed by atoms with Crippen LogP contribution in [0.2, 0.25) is 0 Å². The van der Waals surface area contributed by atoms with Crippen LogP contribution >= 0.6 is 0 Å². The summed E-state index contributed by atoms with van der Waals surface area (Å²) in [6.45, 7) is 15.4. The summed E-state index contributed by atoms with van der Waals surface area (Å²) in [5.41, 5.74) is -0.500. The highest BCUT2D eigenvalue weighted by atomic mass is 16.3. The monoisotopic (exact) mass is 192 g/mol. The van der Waals surface area contributed by atoms with Crippen molar-refractivity contribution < 1.29 is 5.11 Å². The number of hydrogen-bond acceptors (Lipinski definition) is 3. The molecule has 0 aliphatic rings. The van der Waals surface area contributed by atoms with Crippen LogP contribution in [0.1, 0.15) is 41.5 Å². The second-order valence-electron chi connectivity index (χ2n) is 3.79. The zero-order valence-corrected chi connectivity index (χ0v) is 10.2. The molecular formula is C10H28N2O. The molecule has 0 unspecified atom stereocenters. The predicted molar refractivity (Wildman–Crippen MR) is 60.5 cm³/mol. The Bertz CT molecular complexity index is 73.9. The number of aliphatic hydroxyl groups is 1. The van der Waals surface area contributed by atoms with Crippen LogP contribution in [0.3, 0.4) is 0 Å². The Hall–Kier alpha value is -0.120. The van der Waals surface area contributed by atoms with Gasteiger partial charge in [0, 0.05) is 0 Å². The first-order valence-electron chi connectivity index (χ1n) is 4.79. The minimum absolute atomic E-state index is 0. The van der Waals surface area contributed by atoms with E-state index in [2.05, 4.69) is 25.7 Å². The van der Waals surface area contributed by atoms with Crippen LogP contribution in [0, 0.1) is 0 Å². The van der Waals surface area contributed by atoms with Gasteiger partial charge in [-0.25, -0.2) is 0 Å². The minimum atomic E-state index is -0.500. The van der Waals surface area contributed by atoms with Gasteiger partial charge in [-0.2, -0.15) is 0 Å². The topological polar surface area (TPSA) is 58.5 Å². The van der Waals surface area contributed by atoms with E-state index in [4.69, 9.17) is 5.11 Å². The molecule has 4 N–H and O–H groups in total. The minimum Gasteiger partial charge on any atom is -0.391 e. The average molecular weight is 192 g/mol. The summed E-state index contributed by atoms with van der Waals surface area (Å²) in [5.74, 6) is 0. The Morgan fingerprint density at radius 3 is 1.08 bits per heavy atom. The second kappa shape index (κ2) is 9.96. The zero-order valence-electron chi connectivity index (χ0n) is 10.2. The van der Waals surface area contributed by atoms with Gasteiger partial charge in [-0.1, -0.05) is 20.8 Å². The van der Waals surface area contributed by atoms with Gasteiger partial charge < -0.3 is 16.2 Å². The van der Waals surface area contributed by atoms with Crippen molar-refractivity contribution >= 4 is 0 Å². The first kappa shape index (κ1) is 18.6. The van der Waals surface area contributed by atoms with E-state index in [0.717, 1.165) is 0 Å². The standard InChI is InChI=1S/C6H15N.C4H10O.H3N/c1-4-7(5-2)6-3;1-4(2,3)5;/h4-6H2,1-3H3;5H,1-3H3;1H3. The Balaban J connectivity index is -0.000000150. The smallest absolute Gasteiger partial charge is 0.0563 e. The third kappa shape index (κ3) is 33.5. The van der Waals surface area contributed by atoms with Gasteiger partial charge >= 0.3 is 0 Å². The lowest BCUT2D eigenvalue weighted by Gasteiger charge is -2.13. The van der Waals surface area contributed by atoms with Gasteiger partial charge in [0.05, 0.1) is 5.60 Å². The lowest BCUT2D eigenvalue weighted by molar-refractivity contribution is 0.102. The van der Waals surface area contributed by atoms with Crippen molar-refractivity contribution in [1.29, 1.82) is 0 Å². The Morgan fingerprint density at radius 2 is 1.08 bits per heavy atom. The van der Waals surface area contributed by atoms with E-state index in [1.165, 1.54) is 19.6 Å². The highest BCUT2D eigenvalue weighted by Crippen LogP contribution is 1.93. The normalized spacial score (nSPS) is 10.2. The molecule has 0 saturated carbocycles. The summed E-state index contributed by atoms with van der Waals surface area (Å²) >= 11 is 0. The fourth-order valence-electron chi connectivity index (χ4n) is 0.671. The summed E-state index contributed by atoms with van der Waals surface area (Å²) in [4.78, 5) is 2.38. The Kier molecular flexibility index (Phi) is 14.3. The van der Waals surface area contributed by atoms with Crippen molar-refractivity contribution in [3.8, 4) is 0 Å². The molecule has 0 bridgehead atoms. The van der Waals surface area contributed by atoms with E-state index < -0.39 is 5.60 Å². The van der Waals surface area contributed by atoms with Gasteiger partial charge in [0.15, 0.2) is 0 Å². The van der Waals surface area contributed by atoms with Crippen molar-refractivity contribution in [3.05, 3.63) is 0 Å². The van der Waals surface area contributed by atoms with E-state index in [1.807, 2.05) is 0 Å². The van der Waals surface area contributed by atoms with Crippen molar-refractivity contribution in [2.24, 2.45) is 0 Å². The largest absolute Gasteiger partial charge is 0.391 e. The summed E-state index contributed by atoms with van der Waals surface area (Å²) < 4.78 is 0. The molecule has 0 saturated heterocycles. The van der Waals surface area contributed by atoms with Gasteiger partial charge in [-0.3, -0.25) is 0 Å². The molecule has 0 aliphatic heterocycles. The molecule has 0 aromatic carbocycles. The first-order valence-corrected chi connectivity index (χ1v) is 4.79. The molecule has 0 aromatic heterocycles. The van der Waals surface area contributed by atoms with E-state index in [1.54, 1.807) is 20.8 Å². The molecule has 0 aliphatic carbocycles. The maximum absolute atomic E-state index is 8.52. The lowest BCUT2D eigenvalue weighted by atomic mass is 10.2. The van der Waals surface area contributed by atoms with Crippen LogP contribution in [-0.4, -0.2) is 35.2 Å². The highest BCUT2D eigenvalue weighted by Gasteiger charge is 1.97. The fourth-order valence-corrected chi connectivity index (χ4v) is 0.671. The predicted octanol–water partition coefficient (Wildman–Crippen LogP) is 2.29. The Morgan fingerprint density at radius 1 is 0.923 bits per heavy atom. The molecule has 0 spiro atoms. The summed E-state index contributed by atoms with van der Waals surface area (Å²) in [7, 11) is 0. The van der Waals surface area contributed by atoms with Crippen LogP contribution in [-0.2, 0) is 0 Å². The molecule has 13 heavy (non-hydrogen) atoms. The van der Waals surface area contributed by atoms with E-state index in [0.29, 0.717) is 0 Å². The summed E-state index contributed by atoms with van der Waals surface area (Å²) in [6, 6.07) is 0. The lowest BCUT2D eigenvalue weighted by Crippen LogP contribution is -2.21. The summed E-state index contributed by atoms with van der Waals surface area (Å²) in [5, 5.41) is 8.52. The highest BCUT2D eigenvalue weighted by molar-refractivity contribution is 4.50. The molecule has 0 rings (SSSR count). The van der Waals surface area contributed by atoms with Crippen LogP contribution in [0.15, 0.2) is 0 Å². The van der Waals surface area contributed by atoms with E-state index in [-0.39, 0.29) is 6.15 Å². The quantitative estimate of drug-likeness (QED) is 0.721. The van der Waals surface area contributed by atoms with Crippen molar-refractivity contribution in [2.75, 3.05) is 19.6 Å². The van der Waals surface area contributed by atoms with Gasteiger partial charge in [0.2, 0.25) is 0 Å². The summed E-state index contributed by atoms with van der Waals surface area (Å²) in [6.07, 6.45) is 0. The van der Waals surface area contributed by atoms with Gasteiger partial charge in [-0.05, 0) is 40.4 Å². The molecule has 0 atom stereocenters. The van der Waals surface area contributed by atoms with Gasteiger partial charge in [0.25, 0.3) is 0 Å². The number of nitrogens with zero attached hydrogens (tertiary/aromatic N) is 1. The molecule has 0 amide bonds. The Labute approximate surface area is 83.7 Å². The maximum Gasteiger partial charge on any atom is 0.0563 e. The van der Waals surface area contributed by atoms with Gasteiger partial charge in [-0.15, -0.1) is 0 Å². The van der Waals surface area contributed by atoms with Crippen LogP contribution in [0.5, 0.6) is 0 Å². The first-order chi connectivity index (χ1) is 5.35. The van der Waals surface area contributed by atoms with Crippen LogP contribution < -0.4 is 6.15 Å². The maximum atomic E-state index is 8.52. The molecule has 3 heteroatoms. The fraction of sp³-hybridized carbons (Fsp3) is 1.00. The molecular weight excluding hydrogens is 164 g/mol.